The Morgan fingerprint density at radius 1 is 1.11 bits per heavy atom. The largest absolute Gasteiger partial charge is 0.342 e. The summed E-state index contributed by atoms with van der Waals surface area (Å²) in [7, 11) is 0. The summed E-state index contributed by atoms with van der Waals surface area (Å²) in [5.74, 6) is 2.00. The average Bonchev–Trinajstić information content (AvgIpc) is 3.40. The van der Waals surface area contributed by atoms with Gasteiger partial charge in [0.05, 0.1) is 0 Å². The standard InChI is InChI=1S/C22H31N5O/c1-18(16-25-11-2-3-12-25)22(28)26-13-6-20(7-14-26)21-24-10-15-27(21)17-19-4-8-23-9-5-19/h4-5,8-10,15,18,20H,2-3,6-7,11-14,16-17H2,1H3. The van der Waals surface area contributed by atoms with E-state index in [0.29, 0.717) is 11.8 Å². The molecule has 6 nitrogen and oxygen atoms in total. The van der Waals surface area contributed by atoms with Gasteiger partial charge in [0.15, 0.2) is 0 Å². The number of piperidine rings is 1. The minimum Gasteiger partial charge on any atom is -0.342 e. The van der Waals surface area contributed by atoms with Crippen molar-refractivity contribution in [3.63, 3.8) is 0 Å². The minimum atomic E-state index is 0.100. The molecule has 2 aliphatic heterocycles. The van der Waals surface area contributed by atoms with Crippen LogP contribution in [0.4, 0.5) is 0 Å². The monoisotopic (exact) mass is 381 g/mol. The van der Waals surface area contributed by atoms with Crippen LogP contribution in [0.15, 0.2) is 36.9 Å². The normalized spacial score (nSPS) is 19.8. The topological polar surface area (TPSA) is 54.3 Å². The molecular weight excluding hydrogens is 350 g/mol. The first-order valence-electron chi connectivity index (χ1n) is 10.6. The molecule has 0 aliphatic carbocycles. The maximum absolute atomic E-state index is 12.9. The second kappa shape index (κ2) is 8.86. The van der Waals surface area contributed by atoms with Crippen LogP contribution < -0.4 is 0 Å². The number of nitrogens with zero attached hydrogens (tertiary/aromatic N) is 5. The summed E-state index contributed by atoms with van der Waals surface area (Å²) in [6.45, 7) is 7.82. The Kier molecular flexibility index (Phi) is 6.05. The molecule has 0 aromatic carbocycles. The third-order valence-corrected chi connectivity index (χ3v) is 6.17. The number of rotatable bonds is 6. The molecule has 4 heterocycles. The fourth-order valence-corrected chi connectivity index (χ4v) is 4.60. The number of imidazole rings is 1. The molecule has 2 aliphatic rings. The van der Waals surface area contributed by atoms with Crippen LogP contribution in [-0.4, -0.2) is 63.0 Å². The minimum absolute atomic E-state index is 0.100. The number of pyridine rings is 1. The lowest BCUT2D eigenvalue weighted by atomic mass is 9.94. The van der Waals surface area contributed by atoms with Crippen LogP contribution in [0, 0.1) is 5.92 Å². The first kappa shape index (κ1) is 19.1. The van der Waals surface area contributed by atoms with Crippen LogP contribution in [0.5, 0.6) is 0 Å². The zero-order chi connectivity index (χ0) is 19.3. The van der Waals surface area contributed by atoms with Crippen molar-refractivity contribution in [2.45, 2.75) is 45.1 Å². The van der Waals surface area contributed by atoms with E-state index in [2.05, 4.69) is 37.5 Å². The van der Waals surface area contributed by atoms with Gasteiger partial charge in [0.25, 0.3) is 0 Å². The lowest BCUT2D eigenvalue weighted by molar-refractivity contribution is -0.136. The fourth-order valence-electron chi connectivity index (χ4n) is 4.60. The highest BCUT2D eigenvalue weighted by atomic mass is 16.2. The van der Waals surface area contributed by atoms with Gasteiger partial charge < -0.3 is 14.4 Å². The zero-order valence-corrected chi connectivity index (χ0v) is 16.8. The Morgan fingerprint density at radius 3 is 2.54 bits per heavy atom. The van der Waals surface area contributed by atoms with Gasteiger partial charge in [-0.1, -0.05) is 6.92 Å². The Hall–Kier alpha value is -2.21. The van der Waals surface area contributed by atoms with Crippen LogP contribution in [-0.2, 0) is 11.3 Å². The van der Waals surface area contributed by atoms with Crippen molar-refractivity contribution < 1.29 is 4.79 Å². The third kappa shape index (κ3) is 4.43. The Bertz CT molecular complexity index is 760. The molecule has 0 bridgehead atoms. The van der Waals surface area contributed by atoms with Gasteiger partial charge in [0, 0.05) is 62.8 Å². The van der Waals surface area contributed by atoms with Crippen molar-refractivity contribution in [3.05, 3.63) is 48.3 Å². The van der Waals surface area contributed by atoms with E-state index >= 15 is 0 Å². The molecule has 0 spiro atoms. The first-order chi connectivity index (χ1) is 13.7. The van der Waals surface area contributed by atoms with E-state index in [9.17, 15) is 4.79 Å². The number of aromatic nitrogens is 3. The molecule has 1 atom stereocenters. The van der Waals surface area contributed by atoms with Crippen molar-refractivity contribution in [3.8, 4) is 0 Å². The Balaban J connectivity index is 1.32. The highest BCUT2D eigenvalue weighted by Gasteiger charge is 2.29. The predicted molar refractivity (Wildman–Crippen MR) is 109 cm³/mol. The van der Waals surface area contributed by atoms with Crippen molar-refractivity contribution in [1.82, 2.24) is 24.3 Å². The molecule has 2 fully saturated rings. The summed E-state index contributed by atoms with van der Waals surface area (Å²) in [5, 5.41) is 0. The lowest BCUT2D eigenvalue weighted by Gasteiger charge is -2.34. The summed E-state index contributed by atoms with van der Waals surface area (Å²) < 4.78 is 2.24. The smallest absolute Gasteiger partial charge is 0.226 e. The Morgan fingerprint density at radius 2 is 1.82 bits per heavy atom. The van der Waals surface area contributed by atoms with E-state index in [0.717, 1.165) is 57.9 Å². The summed E-state index contributed by atoms with van der Waals surface area (Å²) >= 11 is 0. The zero-order valence-electron chi connectivity index (χ0n) is 16.8. The quantitative estimate of drug-likeness (QED) is 0.772. The molecule has 150 valence electrons. The predicted octanol–water partition coefficient (Wildman–Crippen LogP) is 2.76. The second-order valence-electron chi connectivity index (χ2n) is 8.28. The fraction of sp³-hybridized carbons (Fsp3) is 0.591. The average molecular weight is 382 g/mol. The second-order valence-corrected chi connectivity index (χ2v) is 8.28. The van der Waals surface area contributed by atoms with Gasteiger partial charge in [0.1, 0.15) is 5.82 Å². The molecule has 0 radical (unpaired) electrons. The van der Waals surface area contributed by atoms with Gasteiger partial charge in [-0.2, -0.15) is 0 Å². The molecule has 0 N–H and O–H groups in total. The molecule has 1 amide bonds. The number of hydrogen-bond donors (Lipinski definition) is 0. The van der Waals surface area contributed by atoms with Crippen LogP contribution in [0.25, 0.3) is 0 Å². The molecular formula is C22H31N5O. The van der Waals surface area contributed by atoms with E-state index in [-0.39, 0.29) is 5.92 Å². The number of hydrogen-bond acceptors (Lipinski definition) is 4. The molecule has 6 heteroatoms. The third-order valence-electron chi connectivity index (χ3n) is 6.17. The first-order valence-corrected chi connectivity index (χ1v) is 10.6. The molecule has 4 rings (SSSR count). The van der Waals surface area contributed by atoms with Gasteiger partial charge in [-0.05, 0) is 56.5 Å². The number of likely N-dealkylation sites (tertiary alicyclic amines) is 2. The van der Waals surface area contributed by atoms with Crippen LogP contribution in [0.3, 0.4) is 0 Å². The van der Waals surface area contributed by atoms with Crippen LogP contribution >= 0.6 is 0 Å². The number of carbonyl (C=O) groups is 1. The molecule has 2 aromatic rings. The molecule has 1 unspecified atom stereocenters. The van der Waals surface area contributed by atoms with Gasteiger partial charge in [-0.15, -0.1) is 0 Å². The van der Waals surface area contributed by atoms with E-state index in [1.807, 2.05) is 30.7 Å². The van der Waals surface area contributed by atoms with Crippen molar-refractivity contribution >= 4 is 5.91 Å². The summed E-state index contributed by atoms with van der Waals surface area (Å²) in [6, 6.07) is 4.10. The summed E-state index contributed by atoms with van der Waals surface area (Å²) in [4.78, 5) is 26.1. The van der Waals surface area contributed by atoms with Crippen LogP contribution in [0.2, 0.25) is 0 Å². The maximum Gasteiger partial charge on any atom is 0.226 e. The molecule has 2 aromatic heterocycles. The molecule has 28 heavy (non-hydrogen) atoms. The molecule has 0 saturated carbocycles. The van der Waals surface area contributed by atoms with Gasteiger partial charge >= 0.3 is 0 Å². The summed E-state index contributed by atoms with van der Waals surface area (Å²) in [6.07, 6.45) is 12.2. The van der Waals surface area contributed by atoms with E-state index < -0.39 is 0 Å². The van der Waals surface area contributed by atoms with E-state index in [1.165, 1.54) is 18.4 Å². The van der Waals surface area contributed by atoms with Crippen molar-refractivity contribution in [2.24, 2.45) is 5.92 Å². The van der Waals surface area contributed by atoms with Crippen molar-refractivity contribution in [2.75, 3.05) is 32.7 Å². The number of amides is 1. The maximum atomic E-state index is 12.9. The highest BCUT2D eigenvalue weighted by molar-refractivity contribution is 5.78. The Labute approximate surface area is 167 Å². The van der Waals surface area contributed by atoms with Gasteiger partial charge in [0.2, 0.25) is 5.91 Å². The lowest BCUT2D eigenvalue weighted by Crippen LogP contribution is -2.43. The SMILES string of the molecule is CC(CN1CCCC1)C(=O)N1CCC(c2nccn2Cc2ccncc2)CC1. The summed E-state index contributed by atoms with van der Waals surface area (Å²) in [5.41, 5.74) is 1.23. The number of carbonyl (C=O) groups excluding carboxylic acids is 1. The molecule has 2 saturated heterocycles. The highest BCUT2D eigenvalue weighted by Crippen LogP contribution is 2.28. The van der Waals surface area contributed by atoms with E-state index in [1.54, 1.807) is 0 Å². The van der Waals surface area contributed by atoms with Gasteiger partial charge in [-0.3, -0.25) is 9.78 Å². The van der Waals surface area contributed by atoms with Gasteiger partial charge in [-0.25, -0.2) is 4.98 Å². The van der Waals surface area contributed by atoms with Crippen LogP contribution in [0.1, 0.15) is 49.9 Å². The van der Waals surface area contributed by atoms with E-state index in [4.69, 9.17) is 0 Å². The van der Waals surface area contributed by atoms with Crippen molar-refractivity contribution in [1.29, 1.82) is 0 Å².